The van der Waals surface area contributed by atoms with Crippen molar-refractivity contribution in [1.82, 2.24) is 0 Å². The second-order valence-electron chi connectivity index (χ2n) is 6.65. The summed E-state index contributed by atoms with van der Waals surface area (Å²) in [4.78, 5) is 10.9. The second-order valence-corrected chi connectivity index (χ2v) is 9.03. The zero-order valence-electron chi connectivity index (χ0n) is 15.7. The summed E-state index contributed by atoms with van der Waals surface area (Å²) in [6.45, 7) is 12.1. The molecular weight excluding hydrogens is 419 g/mol. The average molecular weight is 447 g/mol. The van der Waals surface area contributed by atoms with Gasteiger partial charge in [0.15, 0.2) is 0 Å². The monoisotopic (exact) mass is 447 g/mol. The van der Waals surface area contributed by atoms with E-state index in [2.05, 4.69) is 63.8 Å². The van der Waals surface area contributed by atoms with Crippen LogP contribution in [0.15, 0.2) is 71.4 Å². The van der Waals surface area contributed by atoms with Crippen LogP contribution in [0.2, 0.25) is 0 Å². The maximum atomic E-state index is 10.9. The third-order valence-corrected chi connectivity index (χ3v) is 6.46. The summed E-state index contributed by atoms with van der Waals surface area (Å²) < 4.78 is 2.32. The summed E-state index contributed by atoms with van der Waals surface area (Å²) in [5.41, 5.74) is 7.37. The number of carbonyl (C=O) groups is 1. The van der Waals surface area contributed by atoms with Crippen LogP contribution in [-0.4, -0.2) is 4.29 Å². The van der Waals surface area contributed by atoms with Crippen molar-refractivity contribution in [3.63, 3.8) is 0 Å². The summed E-state index contributed by atoms with van der Waals surface area (Å²) in [5, 5.41) is 0. The van der Waals surface area contributed by atoms with Crippen LogP contribution in [-0.2, 0) is 4.79 Å². The van der Waals surface area contributed by atoms with E-state index in [-0.39, 0.29) is 0 Å². The van der Waals surface area contributed by atoms with Crippen LogP contribution < -0.4 is 21.2 Å². The molecule has 1 nitrogen and oxygen atoms in total. The van der Waals surface area contributed by atoms with Gasteiger partial charge in [-0.25, -0.2) is 0 Å². The molecule has 1 aromatic carbocycles. The molecule has 2 heteroatoms. The number of rotatable bonds is 5. The van der Waals surface area contributed by atoms with Gasteiger partial charge < -0.3 is 0 Å². The van der Waals surface area contributed by atoms with Crippen molar-refractivity contribution in [2.75, 3.05) is 0 Å². The van der Waals surface area contributed by atoms with Crippen molar-refractivity contribution in [3.05, 3.63) is 80.5 Å². The van der Waals surface area contributed by atoms with Crippen LogP contribution in [0.1, 0.15) is 52.0 Å². The molecule has 0 saturated carbocycles. The van der Waals surface area contributed by atoms with Crippen LogP contribution in [0.4, 0.5) is 0 Å². The molecule has 0 saturated heterocycles. The molecule has 1 aromatic rings. The maximum absolute atomic E-state index is 10.9. The number of halogens is 1. The Labute approximate surface area is 162 Å². The molecule has 0 radical (unpaired) electrons. The fraction of sp³-hybridized carbons (Fsp3) is 0.348. The molecule has 25 heavy (non-hydrogen) atoms. The van der Waals surface area contributed by atoms with E-state index in [1.54, 1.807) is 11.6 Å². The quantitative estimate of drug-likeness (QED) is 0.294. The zero-order valence-corrected chi connectivity index (χ0v) is 17.8. The molecule has 2 atom stereocenters. The molecule has 0 amide bonds. The fourth-order valence-corrected chi connectivity index (χ4v) is 4.57. The van der Waals surface area contributed by atoms with Gasteiger partial charge in [-0.05, 0) is 6.92 Å². The predicted molar refractivity (Wildman–Crippen MR) is 103 cm³/mol. The molecule has 0 spiro atoms. The molecule has 3 rings (SSSR count). The second kappa shape index (κ2) is 9.33. The summed E-state index contributed by atoms with van der Waals surface area (Å²) in [6, 6.07) is 8.70. The Kier molecular flexibility index (Phi) is 7.42. The molecule has 2 aliphatic carbocycles. The first-order valence-corrected chi connectivity index (χ1v) is 11.2. The molecule has 134 valence electrons. The van der Waals surface area contributed by atoms with Crippen LogP contribution in [0, 0.1) is 9.49 Å². The first kappa shape index (κ1) is 19.9. The van der Waals surface area contributed by atoms with E-state index in [1.165, 1.54) is 32.3 Å². The summed E-state index contributed by atoms with van der Waals surface area (Å²) in [7, 11) is 0. The van der Waals surface area contributed by atoms with Gasteiger partial charge in [0.05, 0.1) is 0 Å². The van der Waals surface area contributed by atoms with E-state index in [9.17, 15) is 4.79 Å². The predicted octanol–water partition coefficient (Wildman–Crippen LogP) is 3.04. The van der Waals surface area contributed by atoms with Crippen molar-refractivity contribution >= 4 is 4.29 Å². The summed E-state index contributed by atoms with van der Waals surface area (Å²) in [6.07, 6.45) is 8.90. The Morgan fingerprint density at radius 3 is 2.60 bits per heavy atom. The van der Waals surface area contributed by atoms with E-state index in [0.29, 0.717) is 11.8 Å². The minimum absolute atomic E-state index is 0.390. The van der Waals surface area contributed by atoms with Crippen molar-refractivity contribution in [3.8, 4) is 0 Å². The zero-order chi connectivity index (χ0) is 18.4. The SMILES string of the molecule is C=CC.CC1=C(C)C(C(C2=CC2C)c2cccc([I-]C=O)c2)=CCC1. The Bertz CT molecular complexity index is 736. The molecule has 0 fully saturated rings. The Hall–Kier alpha value is -1.42. The van der Waals surface area contributed by atoms with Crippen LogP contribution >= 0.6 is 0 Å². The molecular formula is C23H28IO-. The van der Waals surface area contributed by atoms with Gasteiger partial charge in [-0.1, -0.05) is 6.08 Å². The third kappa shape index (κ3) is 5.04. The Morgan fingerprint density at radius 1 is 1.32 bits per heavy atom. The van der Waals surface area contributed by atoms with Gasteiger partial charge in [0.2, 0.25) is 0 Å². The van der Waals surface area contributed by atoms with E-state index in [1.807, 2.05) is 6.92 Å². The Balaban J connectivity index is 0.000000701. The Morgan fingerprint density at radius 2 is 2.00 bits per heavy atom. The first-order chi connectivity index (χ1) is 12.0. The van der Waals surface area contributed by atoms with Crippen LogP contribution in [0.3, 0.4) is 0 Å². The molecule has 0 aromatic heterocycles. The van der Waals surface area contributed by atoms with E-state index in [0.717, 1.165) is 10.7 Å². The van der Waals surface area contributed by atoms with Gasteiger partial charge in [-0.2, -0.15) is 0 Å². The molecule has 0 heterocycles. The molecule has 0 aliphatic heterocycles. The van der Waals surface area contributed by atoms with Gasteiger partial charge in [0.1, 0.15) is 0 Å². The number of benzene rings is 1. The van der Waals surface area contributed by atoms with Gasteiger partial charge >= 0.3 is 144 Å². The van der Waals surface area contributed by atoms with Gasteiger partial charge in [0, 0.05) is 0 Å². The standard InChI is InChI=1S/C20H22IO.C3H6/c1-13-6-4-9-18(15(13)3)20(19-10-14(19)2)16-7-5-8-17(11-16)21-12-22;1-3-2/h5,7-12,14,20H,4,6H2,1-3H3;3H,1H2,2H3/q-1;. The van der Waals surface area contributed by atoms with Crippen molar-refractivity contribution in [1.29, 1.82) is 0 Å². The minimum atomic E-state index is -0.494. The number of allylic oxidation sites excluding steroid dienone is 7. The normalized spacial score (nSPS) is 20.1. The van der Waals surface area contributed by atoms with Crippen LogP contribution in [0.5, 0.6) is 0 Å². The fourth-order valence-electron chi connectivity index (χ4n) is 3.32. The number of carbonyl (C=O) groups excluding carboxylic acids is 1. The van der Waals surface area contributed by atoms with Gasteiger partial charge in [0.25, 0.3) is 0 Å². The van der Waals surface area contributed by atoms with E-state index >= 15 is 0 Å². The summed E-state index contributed by atoms with van der Waals surface area (Å²) >= 11 is -0.494. The molecule has 0 bridgehead atoms. The van der Waals surface area contributed by atoms with Crippen LogP contribution in [0.25, 0.3) is 0 Å². The number of hydrogen-bond donors (Lipinski definition) is 0. The van der Waals surface area contributed by atoms with Crippen molar-refractivity contribution in [2.24, 2.45) is 5.92 Å². The summed E-state index contributed by atoms with van der Waals surface area (Å²) in [5.74, 6) is 1.01. The van der Waals surface area contributed by atoms with E-state index < -0.39 is 21.2 Å². The molecule has 2 aliphatic rings. The van der Waals surface area contributed by atoms with Crippen molar-refractivity contribution in [2.45, 2.75) is 46.5 Å². The van der Waals surface area contributed by atoms with Gasteiger partial charge in [-0.3, -0.25) is 0 Å². The van der Waals surface area contributed by atoms with Gasteiger partial charge in [-0.15, -0.1) is 6.58 Å². The van der Waals surface area contributed by atoms with Crippen molar-refractivity contribution < 1.29 is 26.0 Å². The molecule has 2 unspecified atom stereocenters. The first-order valence-electron chi connectivity index (χ1n) is 8.85. The van der Waals surface area contributed by atoms with E-state index in [4.69, 9.17) is 0 Å². The third-order valence-electron chi connectivity index (χ3n) is 4.81. The topological polar surface area (TPSA) is 17.1 Å². The average Bonchev–Trinajstić information content (AvgIpc) is 3.29. The number of hydrogen-bond acceptors (Lipinski definition) is 1. The molecule has 0 N–H and O–H groups in total.